The number of rotatable bonds is 5. The lowest BCUT2D eigenvalue weighted by Gasteiger charge is -2.26. The van der Waals surface area contributed by atoms with Crippen molar-refractivity contribution < 1.29 is 23.9 Å². The van der Waals surface area contributed by atoms with Crippen LogP contribution < -0.4 is 15.5 Å². The molecule has 1 atom stereocenters. The average molecular weight is 397 g/mol. The fourth-order valence-electron chi connectivity index (χ4n) is 3.94. The molecule has 0 bridgehead atoms. The highest BCUT2D eigenvalue weighted by molar-refractivity contribution is 6.39. The second-order valence-electron chi connectivity index (χ2n) is 7.86. The topological polar surface area (TPSA) is 112 Å². The van der Waals surface area contributed by atoms with Gasteiger partial charge in [-0.25, -0.2) is 0 Å². The molecular weight excluding hydrogens is 374 g/mol. The van der Waals surface area contributed by atoms with E-state index in [-0.39, 0.29) is 18.9 Å². The molecule has 3 amide bonds. The van der Waals surface area contributed by atoms with E-state index in [1.807, 2.05) is 6.07 Å². The fourth-order valence-corrected chi connectivity index (χ4v) is 3.94. The van der Waals surface area contributed by atoms with Crippen LogP contribution in [0.5, 0.6) is 0 Å². The van der Waals surface area contributed by atoms with Gasteiger partial charge in [-0.3, -0.25) is 14.4 Å². The van der Waals surface area contributed by atoms with Crippen LogP contribution in [0.25, 0.3) is 0 Å². The summed E-state index contributed by atoms with van der Waals surface area (Å²) in [5.74, 6) is -0.995. The molecule has 0 spiro atoms. The molecular formula is C21H23N3O5. The minimum absolute atomic E-state index is 0.0703. The predicted molar refractivity (Wildman–Crippen MR) is 105 cm³/mol. The lowest BCUT2D eigenvalue weighted by molar-refractivity contribution is -0.136. The van der Waals surface area contributed by atoms with Crippen LogP contribution in [0.3, 0.4) is 0 Å². The number of amides is 3. The first kappa shape index (κ1) is 19.2. The monoisotopic (exact) mass is 397 g/mol. The first-order chi connectivity index (χ1) is 13.8. The van der Waals surface area contributed by atoms with E-state index in [9.17, 15) is 19.5 Å². The van der Waals surface area contributed by atoms with Gasteiger partial charge in [-0.1, -0.05) is 0 Å². The molecule has 8 heteroatoms. The van der Waals surface area contributed by atoms with Crippen molar-refractivity contribution in [3.8, 4) is 0 Å². The van der Waals surface area contributed by atoms with Crippen molar-refractivity contribution in [2.24, 2.45) is 0 Å². The third-order valence-electron chi connectivity index (χ3n) is 5.24. The van der Waals surface area contributed by atoms with Gasteiger partial charge in [0.25, 0.3) is 0 Å². The summed E-state index contributed by atoms with van der Waals surface area (Å²) in [5, 5.41) is 15.5. The number of aliphatic hydroxyl groups is 1. The zero-order valence-corrected chi connectivity index (χ0v) is 16.2. The highest BCUT2D eigenvalue weighted by Crippen LogP contribution is 2.38. The summed E-state index contributed by atoms with van der Waals surface area (Å²) in [4.78, 5) is 38.4. The first-order valence-electron chi connectivity index (χ1n) is 9.62. The maximum Gasteiger partial charge on any atom is 0.313 e. The minimum Gasteiger partial charge on any atom is -0.469 e. The highest BCUT2D eigenvalue weighted by Gasteiger charge is 2.32. The van der Waals surface area contributed by atoms with E-state index in [1.165, 1.54) is 6.26 Å². The SMILES string of the molecule is CC(O)(CNC(=O)C(=O)Nc1cc2c3c(c1)CC(=O)N3CCC2)Cc1ccco1. The van der Waals surface area contributed by atoms with Crippen LogP contribution in [-0.2, 0) is 33.6 Å². The van der Waals surface area contributed by atoms with Gasteiger partial charge in [0, 0.05) is 25.2 Å². The van der Waals surface area contributed by atoms with Crippen LogP contribution >= 0.6 is 0 Å². The molecule has 29 heavy (non-hydrogen) atoms. The fraction of sp³-hybridized carbons (Fsp3) is 0.381. The van der Waals surface area contributed by atoms with Crippen LogP contribution in [-0.4, -0.2) is 41.5 Å². The Labute approximate surface area is 167 Å². The second kappa shape index (κ2) is 7.36. The van der Waals surface area contributed by atoms with Crippen molar-refractivity contribution in [1.29, 1.82) is 0 Å². The molecule has 1 aromatic carbocycles. The van der Waals surface area contributed by atoms with Crippen LogP contribution in [0.1, 0.15) is 30.2 Å². The van der Waals surface area contributed by atoms with Gasteiger partial charge >= 0.3 is 11.8 Å². The molecule has 1 unspecified atom stereocenters. The number of carbonyl (C=O) groups is 3. The Bertz CT molecular complexity index is 965. The van der Waals surface area contributed by atoms with Gasteiger partial charge in [0.05, 0.1) is 24.0 Å². The molecule has 0 saturated carbocycles. The lowest BCUT2D eigenvalue weighted by atomic mass is 9.99. The van der Waals surface area contributed by atoms with Gasteiger partial charge in [-0.15, -0.1) is 0 Å². The molecule has 4 rings (SSSR count). The zero-order valence-electron chi connectivity index (χ0n) is 16.2. The molecule has 152 valence electrons. The van der Waals surface area contributed by atoms with E-state index >= 15 is 0 Å². The number of hydrogen-bond acceptors (Lipinski definition) is 5. The number of nitrogens with zero attached hydrogens (tertiary/aromatic N) is 1. The summed E-state index contributed by atoms with van der Waals surface area (Å²) in [6.07, 6.45) is 3.74. The number of anilines is 2. The van der Waals surface area contributed by atoms with Crippen molar-refractivity contribution in [2.75, 3.05) is 23.3 Å². The van der Waals surface area contributed by atoms with Gasteiger partial charge in [-0.05, 0) is 55.2 Å². The Hall–Kier alpha value is -3.13. The average Bonchev–Trinajstić information content (AvgIpc) is 3.28. The van der Waals surface area contributed by atoms with Gasteiger partial charge in [0.1, 0.15) is 5.76 Å². The Morgan fingerprint density at radius 1 is 1.28 bits per heavy atom. The summed E-state index contributed by atoms with van der Waals surface area (Å²) >= 11 is 0. The quantitative estimate of drug-likeness (QED) is 0.656. The Morgan fingerprint density at radius 2 is 2.07 bits per heavy atom. The molecule has 2 aromatic rings. The normalized spacial score (nSPS) is 16.9. The molecule has 2 aliphatic rings. The van der Waals surface area contributed by atoms with Crippen LogP contribution in [0.4, 0.5) is 11.4 Å². The number of furan rings is 1. The van der Waals surface area contributed by atoms with Gasteiger partial charge < -0.3 is 25.1 Å². The molecule has 0 aliphatic carbocycles. The molecule has 3 heterocycles. The lowest BCUT2D eigenvalue weighted by Crippen LogP contribution is -2.45. The number of nitrogens with one attached hydrogen (secondary N) is 2. The Morgan fingerprint density at radius 3 is 2.83 bits per heavy atom. The molecule has 0 radical (unpaired) electrons. The van der Waals surface area contributed by atoms with Gasteiger partial charge in [0.15, 0.2) is 0 Å². The molecule has 0 saturated heterocycles. The summed E-state index contributed by atoms with van der Waals surface area (Å²) in [6.45, 7) is 2.19. The summed E-state index contributed by atoms with van der Waals surface area (Å²) in [6, 6.07) is 7.02. The summed E-state index contributed by atoms with van der Waals surface area (Å²) < 4.78 is 5.20. The Kier molecular flexibility index (Phi) is 4.87. The summed E-state index contributed by atoms with van der Waals surface area (Å²) in [5.41, 5.74) is 2.09. The van der Waals surface area contributed by atoms with E-state index in [2.05, 4.69) is 10.6 Å². The Balaban J connectivity index is 1.38. The molecule has 2 aliphatic heterocycles. The highest BCUT2D eigenvalue weighted by atomic mass is 16.3. The summed E-state index contributed by atoms with van der Waals surface area (Å²) in [7, 11) is 0. The van der Waals surface area contributed by atoms with Crippen molar-refractivity contribution >= 4 is 29.1 Å². The minimum atomic E-state index is -1.25. The molecule has 0 fully saturated rings. The van der Waals surface area contributed by atoms with Crippen LogP contribution in [0, 0.1) is 0 Å². The third kappa shape index (κ3) is 4.02. The number of aryl methyl sites for hydroxylation is 1. The van der Waals surface area contributed by atoms with Crippen molar-refractivity contribution in [3.63, 3.8) is 0 Å². The largest absolute Gasteiger partial charge is 0.469 e. The van der Waals surface area contributed by atoms with E-state index in [0.717, 1.165) is 36.2 Å². The van der Waals surface area contributed by atoms with Crippen LogP contribution in [0.2, 0.25) is 0 Å². The number of hydrogen-bond donors (Lipinski definition) is 3. The van der Waals surface area contributed by atoms with Gasteiger partial charge in [0.2, 0.25) is 5.91 Å². The second-order valence-corrected chi connectivity index (χ2v) is 7.86. The van der Waals surface area contributed by atoms with Crippen molar-refractivity contribution in [1.82, 2.24) is 5.32 Å². The maximum absolute atomic E-state index is 12.3. The van der Waals surface area contributed by atoms with E-state index in [1.54, 1.807) is 30.0 Å². The molecule has 8 nitrogen and oxygen atoms in total. The van der Waals surface area contributed by atoms with Crippen LogP contribution in [0.15, 0.2) is 34.9 Å². The molecule has 3 N–H and O–H groups in total. The van der Waals surface area contributed by atoms with Crippen molar-refractivity contribution in [2.45, 2.75) is 38.2 Å². The van der Waals surface area contributed by atoms with Gasteiger partial charge in [-0.2, -0.15) is 0 Å². The van der Waals surface area contributed by atoms with E-state index in [4.69, 9.17) is 4.42 Å². The first-order valence-corrected chi connectivity index (χ1v) is 9.62. The predicted octanol–water partition coefficient (Wildman–Crippen LogP) is 1.16. The van der Waals surface area contributed by atoms with E-state index in [0.29, 0.717) is 17.9 Å². The van der Waals surface area contributed by atoms with Crippen molar-refractivity contribution in [3.05, 3.63) is 47.4 Å². The maximum atomic E-state index is 12.3. The zero-order chi connectivity index (χ0) is 20.6. The number of benzene rings is 1. The van der Waals surface area contributed by atoms with E-state index < -0.39 is 17.4 Å². The third-order valence-corrected chi connectivity index (χ3v) is 5.24. The number of carbonyl (C=O) groups excluding carboxylic acids is 3. The smallest absolute Gasteiger partial charge is 0.313 e. The standard InChI is InChI=1S/C21H23N3O5/c1-21(28,11-16-5-3-7-29-16)12-22-19(26)20(27)23-15-8-13-4-2-6-24-17(25)10-14(9-15)18(13)24/h3,5,7-9,28H,2,4,6,10-12H2,1H3,(H,22,26)(H,23,27). The molecule has 1 aromatic heterocycles.